The number of aliphatic hydroxyl groups is 1. The number of hydrogen-bond donors (Lipinski definition) is 2. The Bertz CT molecular complexity index is 1390. The molecule has 4 aromatic rings. The van der Waals surface area contributed by atoms with Crippen LogP contribution in [0.2, 0.25) is 0 Å². The van der Waals surface area contributed by atoms with Crippen molar-refractivity contribution in [1.82, 2.24) is 29.5 Å². The summed E-state index contributed by atoms with van der Waals surface area (Å²) in [5, 5.41) is 16.4. The average molecular weight is 526 g/mol. The molecule has 4 aromatic heterocycles. The van der Waals surface area contributed by atoms with Crippen LogP contribution in [0.5, 0.6) is 11.8 Å². The Hall–Kier alpha value is -4.14. The van der Waals surface area contributed by atoms with Crippen molar-refractivity contribution in [2.24, 2.45) is 7.05 Å². The third kappa shape index (κ3) is 5.21. The summed E-state index contributed by atoms with van der Waals surface area (Å²) in [7, 11) is 2.77. The summed E-state index contributed by atoms with van der Waals surface area (Å²) in [5.41, 5.74) is 0.751. The van der Waals surface area contributed by atoms with E-state index in [2.05, 4.69) is 29.6 Å². The number of rotatable bonds is 6. The minimum absolute atomic E-state index is 0.0644. The largest absolute Gasteiger partial charge is 0.477 e. The van der Waals surface area contributed by atoms with Gasteiger partial charge >= 0.3 is 12.6 Å². The molecule has 1 aliphatic heterocycles. The van der Waals surface area contributed by atoms with Gasteiger partial charge in [-0.05, 0) is 12.1 Å². The molecule has 198 valence electrons. The predicted octanol–water partition coefficient (Wildman–Crippen LogP) is 3.30. The number of halogens is 4. The molecular weight excluding hydrogens is 504 g/mol. The number of ether oxygens (including phenoxy) is 3. The Labute approximate surface area is 206 Å². The van der Waals surface area contributed by atoms with Gasteiger partial charge in [0.1, 0.15) is 17.9 Å². The Balaban J connectivity index is 0.000000480. The van der Waals surface area contributed by atoms with Crippen LogP contribution in [0.3, 0.4) is 0 Å². The number of aromatic amines is 1. The van der Waals surface area contributed by atoms with Crippen LogP contribution in [0.4, 0.5) is 17.6 Å². The van der Waals surface area contributed by atoms with Crippen molar-refractivity contribution < 1.29 is 41.7 Å². The van der Waals surface area contributed by atoms with Gasteiger partial charge in [0.25, 0.3) is 6.43 Å². The first kappa shape index (κ1) is 25.9. The number of carbonyl (C=O) groups is 1. The Kier molecular flexibility index (Phi) is 7.61. The second kappa shape index (κ2) is 10.9. The highest BCUT2D eigenvalue weighted by Gasteiger charge is 2.33. The van der Waals surface area contributed by atoms with Crippen molar-refractivity contribution in [3.63, 3.8) is 0 Å². The Morgan fingerprint density at radius 2 is 2.05 bits per heavy atom. The number of aliphatic hydroxyl groups excluding tert-OH is 1. The van der Waals surface area contributed by atoms with Crippen molar-refractivity contribution in [3.8, 4) is 34.1 Å². The van der Waals surface area contributed by atoms with Crippen LogP contribution in [0, 0.1) is 0 Å². The molecule has 2 N–H and O–H groups in total. The second-order valence-corrected chi connectivity index (χ2v) is 7.70. The zero-order valence-electron chi connectivity index (χ0n) is 19.6. The summed E-state index contributed by atoms with van der Waals surface area (Å²) in [6.07, 6.45) is 0.766. The molecule has 0 radical (unpaired) electrons. The maximum absolute atomic E-state index is 13.9. The number of fused-ring (bicyclic) bond motifs is 2. The first-order valence-corrected chi connectivity index (χ1v) is 10.9. The molecule has 37 heavy (non-hydrogen) atoms. The summed E-state index contributed by atoms with van der Waals surface area (Å²) < 4.78 is 70.9. The molecule has 0 bridgehead atoms. The lowest BCUT2D eigenvalue weighted by atomic mass is 10.0. The van der Waals surface area contributed by atoms with Crippen molar-refractivity contribution in [3.05, 3.63) is 30.2 Å². The summed E-state index contributed by atoms with van der Waals surface area (Å²) in [6, 6.07) is 3.36. The SMILES string of the molecule is COC(=O)CO.Cn1cc(-c2c(-c3c(C(F)F)nn4c3OCCC4)[nH]c3ncccc23)c(OC(F)F)n1. The van der Waals surface area contributed by atoms with E-state index in [9.17, 15) is 22.4 Å². The van der Waals surface area contributed by atoms with Gasteiger partial charge in [-0.25, -0.2) is 23.2 Å². The second-order valence-electron chi connectivity index (χ2n) is 7.70. The maximum Gasteiger partial charge on any atom is 0.388 e. The molecule has 0 atom stereocenters. The van der Waals surface area contributed by atoms with Gasteiger partial charge in [0.05, 0.1) is 30.5 Å². The number of nitrogens with zero attached hydrogens (tertiary/aromatic N) is 5. The van der Waals surface area contributed by atoms with Gasteiger partial charge in [0.15, 0.2) is 0 Å². The van der Waals surface area contributed by atoms with Gasteiger partial charge in [-0.1, -0.05) is 0 Å². The highest BCUT2D eigenvalue weighted by molar-refractivity contribution is 6.04. The molecule has 11 nitrogen and oxygen atoms in total. The smallest absolute Gasteiger partial charge is 0.388 e. The first-order valence-electron chi connectivity index (χ1n) is 10.9. The molecule has 15 heteroatoms. The molecule has 0 saturated heterocycles. The summed E-state index contributed by atoms with van der Waals surface area (Å²) in [5.74, 6) is -0.742. The van der Waals surface area contributed by atoms with Crippen LogP contribution in [-0.4, -0.2) is 67.5 Å². The van der Waals surface area contributed by atoms with Gasteiger partial charge in [-0.15, -0.1) is 5.10 Å². The highest BCUT2D eigenvalue weighted by Crippen LogP contribution is 2.47. The van der Waals surface area contributed by atoms with Crippen molar-refractivity contribution >= 4 is 17.0 Å². The Morgan fingerprint density at radius 3 is 2.70 bits per heavy atom. The molecular formula is C22H22F4N6O5. The minimum Gasteiger partial charge on any atom is -0.477 e. The average Bonchev–Trinajstić information content (AvgIpc) is 3.55. The molecule has 0 unspecified atom stereocenters. The van der Waals surface area contributed by atoms with Crippen LogP contribution in [0.1, 0.15) is 18.5 Å². The summed E-state index contributed by atoms with van der Waals surface area (Å²) in [4.78, 5) is 17.0. The number of carbonyl (C=O) groups excluding carboxylic acids is 1. The number of H-pyrrole nitrogens is 1. The number of aromatic nitrogens is 6. The van der Waals surface area contributed by atoms with Crippen LogP contribution in [0.25, 0.3) is 33.4 Å². The monoisotopic (exact) mass is 526 g/mol. The van der Waals surface area contributed by atoms with E-state index in [1.807, 2.05) is 0 Å². The predicted molar refractivity (Wildman–Crippen MR) is 120 cm³/mol. The molecule has 0 spiro atoms. The van der Waals surface area contributed by atoms with E-state index in [0.717, 1.165) is 0 Å². The van der Waals surface area contributed by atoms with Gasteiger partial charge in [-0.3, -0.25) is 4.68 Å². The van der Waals surface area contributed by atoms with Gasteiger partial charge in [0.2, 0.25) is 11.8 Å². The number of methoxy groups -OCH3 is 1. The van der Waals surface area contributed by atoms with E-state index < -0.39 is 31.3 Å². The highest BCUT2D eigenvalue weighted by atomic mass is 19.3. The topological polar surface area (TPSA) is 129 Å². The van der Waals surface area contributed by atoms with Crippen LogP contribution in [0.15, 0.2) is 24.5 Å². The number of aryl methyl sites for hydroxylation is 2. The van der Waals surface area contributed by atoms with E-state index >= 15 is 0 Å². The van der Waals surface area contributed by atoms with E-state index in [4.69, 9.17) is 9.84 Å². The van der Waals surface area contributed by atoms with Gasteiger partial charge in [0, 0.05) is 43.4 Å². The molecule has 0 fully saturated rings. The van der Waals surface area contributed by atoms with Crippen LogP contribution < -0.4 is 9.47 Å². The van der Waals surface area contributed by atoms with E-state index in [0.29, 0.717) is 36.2 Å². The summed E-state index contributed by atoms with van der Waals surface area (Å²) in [6.45, 7) is -2.86. The fourth-order valence-electron chi connectivity index (χ4n) is 3.90. The molecule has 0 saturated carbocycles. The lowest BCUT2D eigenvalue weighted by Gasteiger charge is -2.16. The fraction of sp³-hybridized carbons (Fsp3) is 0.364. The van der Waals surface area contributed by atoms with Gasteiger partial charge in [-0.2, -0.15) is 13.9 Å². The number of pyridine rings is 1. The van der Waals surface area contributed by atoms with E-state index in [1.165, 1.54) is 28.9 Å². The molecule has 0 aliphatic carbocycles. The van der Waals surface area contributed by atoms with Crippen LogP contribution >= 0.6 is 0 Å². The Morgan fingerprint density at radius 1 is 1.27 bits per heavy atom. The normalized spacial score (nSPS) is 12.8. The standard InChI is InChI=1S/C19H16F4N6O2.C3H6O3/c1-28-8-10(17(27-28)31-19(22)23)11-9-4-2-5-24-16(9)25-13(11)12-14(15(20)21)26-29-6-3-7-30-18(12)29;1-6-3(5)2-4/h2,4-5,8,15,19H,3,6-7H2,1H3,(H,24,25);4H,2H2,1H3. The zero-order valence-corrected chi connectivity index (χ0v) is 19.6. The van der Waals surface area contributed by atoms with Crippen molar-refractivity contribution in [2.75, 3.05) is 20.3 Å². The number of esters is 1. The molecule has 1 aliphatic rings. The van der Waals surface area contributed by atoms with E-state index in [1.54, 1.807) is 19.2 Å². The molecule has 5 heterocycles. The lowest BCUT2D eigenvalue weighted by molar-refractivity contribution is -0.143. The fourth-order valence-corrected chi connectivity index (χ4v) is 3.90. The quantitative estimate of drug-likeness (QED) is 0.289. The molecule has 0 aromatic carbocycles. The lowest BCUT2D eigenvalue weighted by Crippen LogP contribution is -2.15. The molecule has 5 rings (SSSR count). The summed E-state index contributed by atoms with van der Waals surface area (Å²) >= 11 is 0. The first-order chi connectivity index (χ1) is 17.7. The number of alkyl halides is 4. The third-order valence-electron chi connectivity index (χ3n) is 5.33. The van der Waals surface area contributed by atoms with E-state index in [-0.39, 0.29) is 28.6 Å². The number of nitrogens with one attached hydrogen (secondary N) is 1. The van der Waals surface area contributed by atoms with Gasteiger partial charge < -0.3 is 24.3 Å². The molecule has 0 amide bonds. The third-order valence-corrected chi connectivity index (χ3v) is 5.33. The van der Waals surface area contributed by atoms with Crippen LogP contribution in [-0.2, 0) is 23.1 Å². The minimum atomic E-state index is -3.11. The zero-order chi connectivity index (χ0) is 26.7. The van der Waals surface area contributed by atoms with Crippen molar-refractivity contribution in [2.45, 2.75) is 26.0 Å². The maximum atomic E-state index is 13.9. The number of hydrogen-bond acceptors (Lipinski definition) is 8. The van der Waals surface area contributed by atoms with Crippen molar-refractivity contribution in [1.29, 1.82) is 0 Å².